The van der Waals surface area contributed by atoms with Gasteiger partial charge in [0.2, 0.25) is 0 Å². The number of aromatic nitrogens is 3. The van der Waals surface area contributed by atoms with Gasteiger partial charge in [0, 0.05) is 30.9 Å². The van der Waals surface area contributed by atoms with Crippen LogP contribution in [0.3, 0.4) is 0 Å². The monoisotopic (exact) mass is 302 g/mol. The maximum atomic E-state index is 5.26. The van der Waals surface area contributed by atoms with E-state index in [2.05, 4.69) is 26.7 Å². The van der Waals surface area contributed by atoms with Gasteiger partial charge in [-0.15, -0.1) is 0 Å². The van der Waals surface area contributed by atoms with Crippen LogP contribution in [0, 0.1) is 13.8 Å². The normalized spacial score (nSPS) is 16.5. The lowest BCUT2D eigenvalue weighted by Crippen LogP contribution is -2.22. The summed E-state index contributed by atoms with van der Waals surface area (Å²) in [7, 11) is 2.14. The molecule has 0 spiro atoms. The first-order valence-corrected chi connectivity index (χ1v) is 8.26. The van der Waals surface area contributed by atoms with E-state index in [-0.39, 0.29) is 0 Å². The van der Waals surface area contributed by atoms with Crippen molar-refractivity contribution in [1.29, 1.82) is 0 Å². The molecule has 5 nitrogen and oxygen atoms in total. The minimum absolute atomic E-state index is 0.638. The number of imidazole rings is 1. The summed E-state index contributed by atoms with van der Waals surface area (Å²) in [5.41, 5.74) is 3.50. The zero-order valence-electron chi connectivity index (χ0n) is 13.9. The summed E-state index contributed by atoms with van der Waals surface area (Å²) in [6.45, 7) is 5.75. The van der Waals surface area contributed by atoms with Gasteiger partial charge in [0.1, 0.15) is 5.76 Å². The van der Waals surface area contributed by atoms with Gasteiger partial charge in [0.25, 0.3) is 0 Å². The highest BCUT2D eigenvalue weighted by atomic mass is 16.5. The third kappa shape index (κ3) is 3.24. The van der Waals surface area contributed by atoms with Crippen LogP contribution in [0.25, 0.3) is 0 Å². The lowest BCUT2D eigenvalue weighted by atomic mass is 9.95. The summed E-state index contributed by atoms with van der Waals surface area (Å²) in [6, 6.07) is 0.638. The fourth-order valence-corrected chi connectivity index (χ4v) is 3.47. The molecule has 120 valence electrons. The van der Waals surface area contributed by atoms with Gasteiger partial charge in [-0.2, -0.15) is 0 Å². The van der Waals surface area contributed by atoms with Crippen molar-refractivity contribution in [3.63, 3.8) is 0 Å². The zero-order chi connectivity index (χ0) is 15.5. The third-order valence-electron chi connectivity index (χ3n) is 4.76. The zero-order valence-corrected chi connectivity index (χ0v) is 13.9. The van der Waals surface area contributed by atoms with E-state index < -0.39 is 0 Å². The van der Waals surface area contributed by atoms with Crippen molar-refractivity contribution in [2.24, 2.45) is 0 Å². The van der Waals surface area contributed by atoms with E-state index in [0.717, 1.165) is 24.5 Å². The van der Waals surface area contributed by atoms with Crippen molar-refractivity contribution in [2.45, 2.75) is 65.1 Å². The number of nitrogens with zero attached hydrogens (tertiary/aromatic N) is 4. The second kappa shape index (κ2) is 6.65. The molecule has 0 radical (unpaired) electrons. The maximum Gasteiger partial charge on any atom is 0.138 e. The Morgan fingerprint density at radius 3 is 2.68 bits per heavy atom. The predicted octanol–water partition coefficient (Wildman–Crippen LogP) is 3.63. The summed E-state index contributed by atoms with van der Waals surface area (Å²) < 4.78 is 7.65. The number of aryl methyl sites for hydroxylation is 2. The molecule has 0 aliphatic heterocycles. The smallest absolute Gasteiger partial charge is 0.138 e. The van der Waals surface area contributed by atoms with Crippen LogP contribution in [0.4, 0.5) is 0 Å². The Labute approximate surface area is 132 Å². The molecular formula is C17H26N4O. The average Bonchev–Trinajstić information content (AvgIpc) is 3.10. The van der Waals surface area contributed by atoms with Crippen LogP contribution < -0.4 is 0 Å². The molecule has 1 fully saturated rings. The van der Waals surface area contributed by atoms with Gasteiger partial charge in [0.05, 0.1) is 17.7 Å². The molecule has 0 N–H and O–H groups in total. The molecule has 0 bridgehead atoms. The van der Waals surface area contributed by atoms with Crippen molar-refractivity contribution in [3.05, 3.63) is 35.2 Å². The van der Waals surface area contributed by atoms with Gasteiger partial charge < -0.3 is 9.09 Å². The minimum atomic E-state index is 0.638. The molecule has 0 aromatic carbocycles. The quantitative estimate of drug-likeness (QED) is 0.846. The van der Waals surface area contributed by atoms with Crippen LogP contribution in [-0.4, -0.2) is 26.7 Å². The number of hydrogen-bond donors (Lipinski definition) is 0. The molecule has 22 heavy (non-hydrogen) atoms. The van der Waals surface area contributed by atoms with Crippen LogP contribution >= 0.6 is 0 Å². The second-order valence-electron chi connectivity index (χ2n) is 6.56. The molecule has 0 saturated heterocycles. The topological polar surface area (TPSA) is 47.1 Å². The van der Waals surface area contributed by atoms with E-state index in [1.165, 1.54) is 43.4 Å². The van der Waals surface area contributed by atoms with E-state index >= 15 is 0 Å². The average molecular weight is 302 g/mol. The molecule has 5 heteroatoms. The molecule has 1 aliphatic carbocycles. The van der Waals surface area contributed by atoms with E-state index in [1.54, 1.807) is 0 Å². The summed E-state index contributed by atoms with van der Waals surface area (Å²) >= 11 is 0. The van der Waals surface area contributed by atoms with E-state index in [9.17, 15) is 0 Å². The molecule has 2 aromatic heterocycles. The summed E-state index contributed by atoms with van der Waals surface area (Å²) in [4.78, 5) is 6.70. The molecule has 1 saturated carbocycles. The molecule has 2 aromatic rings. The molecule has 3 rings (SSSR count). The van der Waals surface area contributed by atoms with Crippen LogP contribution in [0.15, 0.2) is 17.0 Å². The highest BCUT2D eigenvalue weighted by Gasteiger charge is 2.19. The predicted molar refractivity (Wildman–Crippen MR) is 85.5 cm³/mol. The van der Waals surface area contributed by atoms with Crippen LogP contribution in [-0.2, 0) is 13.1 Å². The van der Waals surface area contributed by atoms with Gasteiger partial charge in [-0.3, -0.25) is 4.90 Å². The van der Waals surface area contributed by atoms with E-state index in [1.807, 2.05) is 26.4 Å². The first-order chi connectivity index (χ1) is 10.6. The van der Waals surface area contributed by atoms with E-state index in [4.69, 9.17) is 4.52 Å². The van der Waals surface area contributed by atoms with Gasteiger partial charge in [-0.05, 0) is 33.7 Å². The fraction of sp³-hybridized carbons (Fsp3) is 0.647. The van der Waals surface area contributed by atoms with Crippen molar-refractivity contribution in [3.8, 4) is 0 Å². The molecule has 1 aliphatic rings. The molecule has 0 atom stereocenters. The second-order valence-corrected chi connectivity index (χ2v) is 6.56. The highest BCUT2D eigenvalue weighted by molar-refractivity contribution is 5.20. The minimum Gasteiger partial charge on any atom is -0.361 e. The first-order valence-electron chi connectivity index (χ1n) is 8.26. The molecule has 0 unspecified atom stereocenters. The molecule has 2 heterocycles. The van der Waals surface area contributed by atoms with Gasteiger partial charge in [-0.25, -0.2) is 4.98 Å². The van der Waals surface area contributed by atoms with Crippen molar-refractivity contribution in [1.82, 2.24) is 19.6 Å². The Balaban J connectivity index is 1.67. The van der Waals surface area contributed by atoms with Gasteiger partial charge >= 0.3 is 0 Å². The number of rotatable bonds is 5. The Hall–Kier alpha value is -1.62. The van der Waals surface area contributed by atoms with Gasteiger partial charge in [-0.1, -0.05) is 24.4 Å². The first kappa shape index (κ1) is 15.3. The highest BCUT2D eigenvalue weighted by Crippen LogP contribution is 2.29. The SMILES string of the molecule is Cc1noc(C)c1CN(C)Cc1cncn1C1CCCCC1. The van der Waals surface area contributed by atoms with Crippen molar-refractivity contribution >= 4 is 0 Å². The van der Waals surface area contributed by atoms with E-state index in [0.29, 0.717) is 6.04 Å². The maximum absolute atomic E-state index is 5.26. The lowest BCUT2D eigenvalue weighted by Gasteiger charge is -2.26. The number of hydrogen-bond acceptors (Lipinski definition) is 4. The Bertz CT molecular complexity index is 590. The fourth-order valence-electron chi connectivity index (χ4n) is 3.47. The molecular weight excluding hydrogens is 276 g/mol. The standard InChI is InChI=1S/C17H26N4O/c1-13-17(14(2)22-19-13)11-20(3)10-16-9-18-12-21(16)15-7-5-4-6-8-15/h9,12,15H,4-8,10-11H2,1-3H3. The molecule has 0 amide bonds. The largest absolute Gasteiger partial charge is 0.361 e. The Morgan fingerprint density at radius 1 is 1.23 bits per heavy atom. The van der Waals surface area contributed by atoms with Crippen molar-refractivity contribution in [2.75, 3.05) is 7.05 Å². The van der Waals surface area contributed by atoms with Crippen LogP contribution in [0.1, 0.15) is 60.9 Å². The Kier molecular flexibility index (Phi) is 4.62. The third-order valence-corrected chi connectivity index (χ3v) is 4.76. The summed E-state index contributed by atoms with van der Waals surface area (Å²) in [5.74, 6) is 0.921. The summed E-state index contributed by atoms with van der Waals surface area (Å²) in [6.07, 6.45) is 10.7. The summed E-state index contributed by atoms with van der Waals surface area (Å²) in [5, 5.41) is 4.04. The van der Waals surface area contributed by atoms with Gasteiger partial charge in [0.15, 0.2) is 0 Å². The van der Waals surface area contributed by atoms with Crippen LogP contribution in [0.2, 0.25) is 0 Å². The lowest BCUT2D eigenvalue weighted by molar-refractivity contribution is 0.288. The van der Waals surface area contributed by atoms with Crippen molar-refractivity contribution < 1.29 is 4.52 Å². The van der Waals surface area contributed by atoms with Crippen LogP contribution in [0.5, 0.6) is 0 Å². The Morgan fingerprint density at radius 2 is 2.00 bits per heavy atom.